The quantitative estimate of drug-likeness (QED) is 0.585. The normalized spacial score (nSPS) is 14.7. The smallest absolute Gasteiger partial charge is 0.410 e. The first-order valence-electron chi connectivity index (χ1n) is 6.51. The lowest BCUT2D eigenvalue weighted by Crippen LogP contribution is -2.40. The Bertz CT molecular complexity index is 549. The van der Waals surface area contributed by atoms with Crippen molar-refractivity contribution >= 4 is 11.8 Å². The molecular formula is C14H18N2O4. The van der Waals surface area contributed by atoms with Crippen molar-refractivity contribution in [1.82, 2.24) is 4.90 Å². The van der Waals surface area contributed by atoms with Gasteiger partial charge in [-0.05, 0) is 32.8 Å². The number of fused-ring (bicyclic) bond motifs is 1. The van der Waals surface area contributed by atoms with Crippen LogP contribution in [0.4, 0.5) is 10.5 Å². The molecule has 0 fully saturated rings. The molecule has 0 unspecified atom stereocenters. The molecule has 1 heterocycles. The molecule has 0 N–H and O–H groups in total. The Labute approximate surface area is 117 Å². The number of ether oxygens (including phenoxy) is 1. The predicted molar refractivity (Wildman–Crippen MR) is 73.4 cm³/mol. The topological polar surface area (TPSA) is 72.7 Å². The van der Waals surface area contributed by atoms with Crippen molar-refractivity contribution in [3.05, 3.63) is 39.4 Å². The van der Waals surface area contributed by atoms with E-state index in [1.54, 1.807) is 11.0 Å². The Morgan fingerprint density at radius 3 is 2.70 bits per heavy atom. The predicted octanol–water partition coefficient (Wildman–Crippen LogP) is 2.89. The maximum atomic E-state index is 12.0. The summed E-state index contributed by atoms with van der Waals surface area (Å²) >= 11 is 0. The molecule has 1 aliphatic rings. The van der Waals surface area contributed by atoms with Gasteiger partial charge in [-0.1, -0.05) is 12.1 Å². The van der Waals surface area contributed by atoms with Crippen LogP contribution in [0.3, 0.4) is 0 Å². The monoisotopic (exact) mass is 278 g/mol. The molecule has 0 atom stereocenters. The van der Waals surface area contributed by atoms with Crippen LogP contribution in [-0.2, 0) is 17.7 Å². The highest BCUT2D eigenvalue weighted by Gasteiger charge is 2.28. The molecule has 6 nitrogen and oxygen atoms in total. The highest BCUT2D eigenvalue weighted by molar-refractivity contribution is 5.69. The number of carbonyl (C=O) groups excluding carboxylic acids is 1. The van der Waals surface area contributed by atoms with Crippen LogP contribution in [-0.4, -0.2) is 28.1 Å². The summed E-state index contributed by atoms with van der Waals surface area (Å²) < 4.78 is 5.32. The summed E-state index contributed by atoms with van der Waals surface area (Å²) in [6.07, 6.45) is 0.0980. The van der Waals surface area contributed by atoms with Crippen LogP contribution in [0.1, 0.15) is 31.9 Å². The fraction of sp³-hybridized carbons (Fsp3) is 0.500. The van der Waals surface area contributed by atoms with Crippen LogP contribution in [0.2, 0.25) is 0 Å². The van der Waals surface area contributed by atoms with Gasteiger partial charge in [0.15, 0.2) is 0 Å². The van der Waals surface area contributed by atoms with E-state index in [-0.39, 0.29) is 16.7 Å². The summed E-state index contributed by atoms with van der Waals surface area (Å²) in [5.41, 5.74) is 1.13. The lowest BCUT2D eigenvalue weighted by Gasteiger charge is -2.30. The third-order valence-electron chi connectivity index (χ3n) is 3.09. The van der Waals surface area contributed by atoms with Crippen molar-refractivity contribution < 1.29 is 14.5 Å². The number of hydrogen-bond acceptors (Lipinski definition) is 4. The van der Waals surface area contributed by atoms with Gasteiger partial charge >= 0.3 is 6.09 Å². The van der Waals surface area contributed by atoms with Crippen LogP contribution in [0.15, 0.2) is 18.2 Å². The van der Waals surface area contributed by atoms with Gasteiger partial charge in [0.1, 0.15) is 5.60 Å². The molecule has 20 heavy (non-hydrogen) atoms. The van der Waals surface area contributed by atoms with E-state index in [9.17, 15) is 14.9 Å². The zero-order valence-corrected chi connectivity index (χ0v) is 11.9. The zero-order valence-electron chi connectivity index (χ0n) is 11.9. The molecule has 2 rings (SSSR count). The van der Waals surface area contributed by atoms with Gasteiger partial charge in [-0.15, -0.1) is 0 Å². The minimum absolute atomic E-state index is 0.131. The molecule has 1 aliphatic heterocycles. The van der Waals surface area contributed by atoms with E-state index in [1.807, 2.05) is 26.8 Å². The Balaban J connectivity index is 2.18. The molecule has 1 amide bonds. The Hall–Kier alpha value is -2.11. The number of nitro benzene ring substituents is 1. The lowest BCUT2D eigenvalue weighted by molar-refractivity contribution is -0.385. The summed E-state index contributed by atoms with van der Waals surface area (Å²) in [6, 6.07) is 4.97. The minimum Gasteiger partial charge on any atom is -0.444 e. The summed E-state index contributed by atoms with van der Waals surface area (Å²) in [5.74, 6) is 0. The SMILES string of the molecule is CC(C)(C)OC(=O)N1CCc2c(cccc2[N+](=O)[O-])C1. The summed E-state index contributed by atoms with van der Waals surface area (Å²) in [7, 11) is 0. The number of hydrogen-bond donors (Lipinski definition) is 0. The average Bonchev–Trinajstić information content (AvgIpc) is 2.35. The minimum atomic E-state index is -0.542. The van der Waals surface area contributed by atoms with E-state index in [0.717, 1.165) is 11.1 Å². The van der Waals surface area contributed by atoms with E-state index >= 15 is 0 Å². The van der Waals surface area contributed by atoms with Crippen LogP contribution < -0.4 is 0 Å². The van der Waals surface area contributed by atoms with Crippen molar-refractivity contribution in [2.75, 3.05) is 6.54 Å². The maximum Gasteiger partial charge on any atom is 0.410 e. The first kappa shape index (κ1) is 14.3. The first-order chi connectivity index (χ1) is 9.28. The number of nitrogens with zero attached hydrogens (tertiary/aromatic N) is 2. The van der Waals surface area contributed by atoms with Gasteiger partial charge in [-0.3, -0.25) is 10.1 Å². The molecule has 1 aromatic rings. The second kappa shape index (κ2) is 5.11. The van der Waals surface area contributed by atoms with Gasteiger partial charge in [0.25, 0.3) is 5.69 Å². The molecule has 6 heteroatoms. The molecule has 0 saturated carbocycles. The maximum absolute atomic E-state index is 12.0. The zero-order chi connectivity index (χ0) is 14.9. The molecule has 1 aromatic carbocycles. The van der Waals surface area contributed by atoms with Gasteiger partial charge in [0, 0.05) is 24.7 Å². The first-order valence-corrected chi connectivity index (χ1v) is 6.51. The van der Waals surface area contributed by atoms with E-state index in [2.05, 4.69) is 0 Å². The molecule has 0 aliphatic carbocycles. The number of benzene rings is 1. The number of amides is 1. The summed E-state index contributed by atoms with van der Waals surface area (Å²) in [6.45, 7) is 6.23. The van der Waals surface area contributed by atoms with Gasteiger partial charge in [0.05, 0.1) is 4.92 Å². The van der Waals surface area contributed by atoms with Gasteiger partial charge in [-0.2, -0.15) is 0 Å². The van der Waals surface area contributed by atoms with Crippen molar-refractivity contribution in [2.45, 2.75) is 39.3 Å². The molecule has 0 radical (unpaired) electrons. The Morgan fingerprint density at radius 2 is 2.10 bits per heavy atom. The van der Waals surface area contributed by atoms with Crippen LogP contribution in [0.25, 0.3) is 0 Å². The summed E-state index contributed by atoms with van der Waals surface area (Å²) in [4.78, 5) is 24.2. The van der Waals surface area contributed by atoms with E-state index in [1.165, 1.54) is 6.07 Å². The van der Waals surface area contributed by atoms with Crippen LogP contribution in [0, 0.1) is 10.1 Å². The molecule has 0 saturated heterocycles. The van der Waals surface area contributed by atoms with Crippen LogP contribution >= 0.6 is 0 Å². The molecule has 0 spiro atoms. The van der Waals surface area contributed by atoms with E-state index in [0.29, 0.717) is 19.5 Å². The molecule has 0 aromatic heterocycles. The average molecular weight is 278 g/mol. The highest BCUT2D eigenvalue weighted by atomic mass is 16.6. The molecular weight excluding hydrogens is 260 g/mol. The number of carbonyl (C=O) groups is 1. The number of rotatable bonds is 1. The van der Waals surface area contributed by atoms with Gasteiger partial charge in [0.2, 0.25) is 0 Å². The molecule has 0 bridgehead atoms. The van der Waals surface area contributed by atoms with E-state index < -0.39 is 5.60 Å². The fourth-order valence-corrected chi connectivity index (χ4v) is 2.24. The third kappa shape index (κ3) is 3.07. The van der Waals surface area contributed by atoms with Crippen molar-refractivity contribution in [3.8, 4) is 0 Å². The van der Waals surface area contributed by atoms with Crippen LogP contribution in [0.5, 0.6) is 0 Å². The molecule has 108 valence electrons. The van der Waals surface area contributed by atoms with Crippen molar-refractivity contribution in [1.29, 1.82) is 0 Å². The largest absolute Gasteiger partial charge is 0.444 e. The van der Waals surface area contributed by atoms with Gasteiger partial charge in [-0.25, -0.2) is 4.79 Å². The number of nitro groups is 1. The van der Waals surface area contributed by atoms with E-state index in [4.69, 9.17) is 4.74 Å². The van der Waals surface area contributed by atoms with Gasteiger partial charge < -0.3 is 9.64 Å². The van der Waals surface area contributed by atoms with Crippen molar-refractivity contribution in [2.24, 2.45) is 0 Å². The van der Waals surface area contributed by atoms with Crippen molar-refractivity contribution in [3.63, 3.8) is 0 Å². The fourth-order valence-electron chi connectivity index (χ4n) is 2.24. The Kier molecular flexibility index (Phi) is 3.65. The standard InChI is InChI=1S/C14H18N2O4/c1-14(2,3)20-13(17)15-8-7-11-10(9-15)5-4-6-12(11)16(18)19/h4-6H,7-9H2,1-3H3. The second-order valence-electron chi connectivity index (χ2n) is 5.82. The lowest BCUT2D eigenvalue weighted by atomic mass is 9.98. The Morgan fingerprint density at radius 1 is 1.40 bits per heavy atom. The third-order valence-corrected chi connectivity index (χ3v) is 3.09. The summed E-state index contributed by atoms with van der Waals surface area (Å²) in [5, 5.41) is 11.0. The second-order valence-corrected chi connectivity index (χ2v) is 5.82. The highest BCUT2D eigenvalue weighted by Crippen LogP contribution is 2.28.